The summed E-state index contributed by atoms with van der Waals surface area (Å²) >= 11 is 0. The molecular weight excluding hydrogens is 340 g/mol. The molecule has 2 aromatic rings. The van der Waals surface area contributed by atoms with E-state index in [0.29, 0.717) is 0 Å². The molecule has 1 aromatic carbocycles. The Balaban J connectivity index is 1.64. The van der Waals surface area contributed by atoms with Crippen LogP contribution in [0.1, 0.15) is 5.82 Å². The minimum Gasteiger partial charge on any atom is -0.495 e. The summed E-state index contributed by atoms with van der Waals surface area (Å²) in [4.78, 5) is 16.0. The van der Waals surface area contributed by atoms with E-state index in [9.17, 15) is 0 Å². The maximum atomic E-state index is 5.51. The van der Waals surface area contributed by atoms with E-state index in [-0.39, 0.29) is 0 Å². The number of benzene rings is 1. The zero-order valence-corrected chi connectivity index (χ0v) is 16.8. The van der Waals surface area contributed by atoms with Crippen LogP contribution in [-0.4, -0.2) is 75.3 Å². The van der Waals surface area contributed by atoms with Crippen molar-refractivity contribution in [3.8, 4) is 5.75 Å². The number of aromatic nitrogens is 2. The van der Waals surface area contributed by atoms with Crippen molar-refractivity contribution >= 4 is 17.3 Å². The molecule has 0 aliphatic carbocycles. The van der Waals surface area contributed by atoms with Crippen molar-refractivity contribution in [2.24, 2.45) is 0 Å². The lowest BCUT2D eigenvalue weighted by atomic mass is 10.2. The van der Waals surface area contributed by atoms with E-state index < -0.39 is 0 Å². The van der Waals surface area contributed by atoms with Crippen LogP contribution in [0.2, 0.25) is 0 Å². The highest BCUT2D eigenvalue weighted by Crippen LogP contribution is 2.29. The third kappa shape index (κ3) is 5.01. The first kappa shape index (κ1) is 19.2. The first-order chi connectivity index (χ1) is 13.1. The van der Waals surface area contributed by atoms with Gasteiger partial charge >= 0.3 is 0 Å². The number of para-hydroxylation sites is 2. The van der Waals surface area contributed by atoms with Crippen molar-refractivity contribution in [3.05, 3.63) is 36.2 Å². The van der Waals surface area contributed by atoms with Gasteiger partial charge in [-0.15, -0.1) is 0 Å². The zero-order chi connectivity index (χ0) is 19.2. The summed E-state index contributed by atoms with van der Waals surface area (Å²) in [6, 6.07) is 10.3. The summed E-state index contributed by atoms with van der Waals surface area (Å²) in [7, 11) is 5.86. The topological polar surface area (TPSA) is 56.8 Å². The molecule has 0 saturated carbocycles. The molecule has 2 heterocycles. The molecule has 0 spiro atoms. The Morgan fingerprint density at radius 1 is 1.07 bits per heavy atom. The molecule has 1 saturated heterocycles. The van der Waals surface area contributed by atoms with E-state index in [0.717, 1.165) is 68.2 Å². The summed E-state index contributed by atoms with van der Waals surface area (Å²) in [6.07, 6.45) is 0. The van der Waals surface area contributed by atoms with Crippen LogP contribution in [-0.2, 0) is 0 Å². The van der Waals surface area contributed by atoms with Crippen molar-refractivity contribution in [2.75, 3.05) is 75.6 Å². The number of hydrogen-bond acceptors (Lipinski definition) is 7. The standard InChI is InChI=1S/C20H30N6O/c1-16-22-19(21-9-10-24(2)3)15-20(23-16)26-13-11-25(12-14-26)17-7-5-6-8-18(17)27-4/h5-8,15H,9-14H2,1-4H3,(H,21,22,23). The van der Waals surface area contributed by atoms with E-state index in [4.69, 9.17) is 4.74 Å². The van der Waals surface area contributed by atoms with Crippen molar-refractivity contribution in [3.63, 3.8) is 0 Å². The third-order valence-corrected chi connectivity index (χ3v) is 4.72. The highest BCUT2D eigenvalue weighted by Gasteiger charge is 2.21. The average Bonchev–Trinajstić information content (AvgIpc) is 2.67. The second-order valence-electron chi connectivity index (χ2n) is 7.03. The molecule has 0 radical (unpaired) electrons. The molecule has 7 nitrogen and oxygen atoms in total. The second kappa shape index (κ2) is 8.90. The summed E-state index contributed by atoms with van der Waals surface area (Å²) in [6.45, 7) is 7.50. The average molecular weight is 371 g/mol. The van der Waals surface area contributed by atoms with Gasteiger partial charge in [-0.2, -0.15) is 0 Å². The molecule has 0 amide bonds. The van der Waals surface area contributed by atoms with Crippen LogP contribution in [0, 0.1) is 6.92 Å². The lowest BCUT2D eigenvalue weighted by Gasteiger charge is -2.37. The van der Waals surface area contributed by atoms with Crippen molar-refractivity contribution in [2.45, 2.75) is 6.92 Å². The highest BCUT2D eigenvalue weighted by atomic mass is 16.5. The number of piperazine rings is 1. The number of rotatable bonds is 7. The fourth-order valence-corrected chi connectivity index (χ4v) is 3.28. The fraction of sp³-hybridized carbons (Fsp3) is 0.500. The van der Waals surface area contributed by atoms with Crippen molar-refractivity contribution in [1.82, 2.24) is 14.9 Å². The maximum absolute atomic E-state index is 5.51. The minimum absolute atomic E-state index is 0.798. The fourth-order valence-electron chi connectivity index (χ4n) is 3.28. The molecule has 27 heavy (non-hydrogen) atoms. The van der Waals surface area contributed by atoms with Gasteiger partial charge in [-0.05, 0) is 33.2 Å². The molecule has 0 atom stereocenters. The predicted octanol–water partition coefficient (Wildman–Crippen LogP) is 2.09. The van der Waals surface area contributed by atoms with Gasteiger partial charge in [0.15, 0.2) is 0 Å². The number of ether oxygens (including phenoxy) is 1. The lowest BCUT2D eigenvalue weighted by Crippen LogP contribution is -2.47. The van der Waals surface area contributed by atoms with E-state index in [1.165, 1.54) is 0 Å². The molecule has 0 unspecified atom stereocenters. The smallest absolute Gasteiger partial charge is 0.142 e. The molecule has 1 aliphatic rings. The molecule has 0 bridgehead atoms. The molecule has 1 fully saturated rings. The zero-order valence-electron chi connectivity index (χ0n) is 16.8. The number of anilines is 3. The van der Waals surface area contributed by atoms with Gasteiger partial charge in [0.2, 0.25) is 0 Å². The molecule has 3 rings (SSSR count). The van der Waals surface area contributed by atoms with Crippen LogP contribution in [0.4, 0.5) is 17.3 Å². The maximum Gasteiger partial charge on any atom is 0.142 e. The summed E-state index contributed by atoms with van der Waals surface area (Å²) < 4.78 is 5.51. The van der Waals surface area contributed by atoms with Gasteiger partial charge in [0.1, 0.15) is 23.2 Å². The van der Waals surface area contributed by atoms with Crippen LogP contribution in [0.5, 0.6) is 5.75 Å². The number of methoxy groups -OCH3 is 1. The Bertz CT molecular complexity index is 743. The van der Waals surface area contributed by atoms with Crippen molar-refractivity contribution in [1.29, 1.82) is 0 Å². The first-order valence-corrected chi connectivity index (χ1v) is 9.44. The van der Waals surface area contributed by atoms with Crippen molar-refractivity contribution < 1.29 is 4.74 Å². The Kier molecular flexibility index (Phi) is 6.34. The van der Waals surface area contributed by atoms with Gasteiger partial charge in [0.25, 0.3) is 0 Å². The monoisotopic (exact) mass is 370 g/mol. The van der Waals surface area contributed by atoms with E-state index in [1.807, 2.05) is 19.1 Å². The number of likely N-dealkylation sites (N-methyl/N-ethyl adjacent to an activating group) is 1. The molecule has 146 valence electrons. The quantitative estimate of drug-likeness (QED) is 0.801. The predicted molar refractivity (Wildman–Crippen MR) is 111 cm³/mol. The van der Waals surface area contributed by atoms with Crippen LogP contribution in [0.15, 0.2) is 30.3 Å². The van der Waals surface area contributed by atoms with Gasteiger partial charge in [0.05, 0.1) is 12.8 Å². The van der Waals surface area contributed by atoms with Gasteiger partial charge in [-0.3, -0.25) is 0 Å². The number of nitrogens with zero attached hydrogens (tertiary/aromatic N) is 5. The normalized spacial score (nSPS) is 14.6. The SMILES string of the molecule is COc1ccccc1N1CCN(c2cc(NCCN(C)C)nc(C)n2)CC1. The van der Waals surface area contributed by atoms with E-state index in [2.05, 4.69) is 62.3 Å². The minimum atomic E-state index is 0.798. The number of hydrogen-bond donors (Lipinski definition) is 1. The summed E-state index contributed by atoms with van der Waals surface area (Å²) in [5, 5.41) is 3.40. The van der Waals surface area contributed by atoms with E-state index in [1.54, 1.807) is 7.11 Å². The Morgan fingerprint density at radius 2 is 1.78 bits per heavy atom. The Morgan fingerprint density at radius 3 is 2.48 bits per heavy atom. The van der Waals surface area contributed by atoms with Gasteiger partial charge in [-0.1, -0.05) is 12.1 Å². The first-order valence-electron chi connectivity index (χ1n) is 9.44. The Hall–Kier alpha value is -2.54. The summed E-state index contributed by atoms with van der Waals surface area (Å²) in [5.41, 5.74) is 1.16. The van der Waals surface area contributed by atoms with Crippen LogP contribution >= 0.6 is 0 Å². The molecule has 1 N–H and O–H groups in total. The third-order valence-electron chi connectivity index (χ3n) is 4.72. The van der Waals surface area contributed by atoms with Gasteiger partial charge in [0, 0.05) is 45.3 Å². The van der Waals surface area contributed by atoms with Gasteiger partial charge < -0.3 is 24.8 Å². The van der Waals surface area contributed by atoms with Crippen LogP contribution < -0.4 is 19.9 Å². The molecule has 7 heteroatoms. The highest BCUT2D eigenvalue weighted by molar-refractivity contribution is 5.60. The van der Waals surface area contributed by atoms with Crippen LogP contribution in [0.3, 0.4) is 0 Å². The van der Waals surface area contributed by atoms with Gasteiger partial charge in [-0.25, -0.2) is 9.97 Å². The molecule has 1 aromatic heterocycles. The van der Waals surface area contributed by atoms with Crippen LogP contribution in [0.25, 0.3) is 0 Å². The lowest BCUT2D eigenvalue weighted by molar-refractivity contribution is 0.413. The van der Waals surface area contributed by atoms with E-state index >= 15 is 0 Å². The second-order valence-corrected chi connectivity index (χ2v) is 7.03. The Labute approximate surface area is 162 Å². The summed E-state index contributed by atoms with van der Waals surface area (Å²) in [5.74, 6) is 3.62. The number of nitrogens with one attached hydrogen (secondary N) is 1. The molecular formula is C20H30N6O. The molecule has 1 aliphatic heterocycles. The largest absolute Gasteiger partial charge is 0.495 e. The number of aryl methyl sites for hydroxylation is 1.